The van der Waals surface area contributed by atoms with Crippen molar-refractivity contribution in [2.75, 3.05) is 0 Å². The lowest BCUT2D eigenvalue weighted by atomic mass is 9.47. The zero-order chi connectivity index (χ0) is 26.4. The van der Waals surface area contributed by atoms with Crippen LogP contribution in [-0.4, -0.2) is 10.3 Å². The maximum atomic E-state index is 12.9. The van der Waals surface area contributed by atoms with Crippen LogP contribution in [-0.2, 0) is 15.3 Å². The molecule has 0 unspecified atom stereocenters. The van der Waals surface area contributed by atoms with E-state index in [1.54, 1.807) is 5.57 Å². The van der Waals surface area contributed by atoms with Crippen molar-refractivity contribution in [3.63, 3.8) is 0 Å². The first kappa shape index (κ1) is 27.6. The molecule has 9 atom stereocenters. The van der Waals surface area contributed by atoms with E-state index < -0.39 is 11.1 Å². The van der Waals surface area contributed by atoms with Gasteiger partial charge in [0.2, 0.25) is 0 Å². The Morgan fingerprint density at radius 3 is 2.46 bits per heavy atom. The number of hydrogen-bond donors (Lipinski definition) is 0. The van der Waals surface area contributed by atoms with Crippen LogP contribution >= 0.6 is 0 Å². The van der Waals surface area contributed by atoms with Crippen LogP contribution in [0.5, 0.6) is 0 Å². The zero-order valence-electron chi connectivity index (χ0n) is 24.4. The maximum Gasteiger partial charge on any atom is 0.189 e. The summed E-state index contributed by atoms with van der Waals surface area (Å²) in [6.45, 7) is 14.6. The van der Waals surface area contributed by atoms with E-state index in [0.29, 0.717) is 10.8 Å². The Morgan fingerprint density at radius 1 is 0.973 bits per heavy atom. The van der Waals surface area contributed by atoms with E-state index in [-0.39, 0.29) is 6.10 Å². The van der Waals surface area contributed by atoms with Gasteiger partial charge < -0.3 is 0 Å². The number of aryl methyl sites for hydroxylation is 1. The van der Waals surface area contributed by atoms with Gasteiger partial charge in [-0.15, -0.1) is 0 Å². The van der Waals surface area contributed by atoms with Crippen LogP contribution in [0.4, 0.5) is 0 Å². The van der Waals surface area contributed by atoms with Gasteiger partial charge in [-0.2, -0.15) is 0 Å². The smallest absolute Gasteiger partial charge is 0.189 e. The van der Waals surface area contributed by atoms with Crippen molar-refractivity contribution in [1.82, 2.24) is 0 Å². The van der Waals surface area contributed by atoms with Gasteiger partial charge in [0.25, 0.3) is 0 Å². The number of allylic oxidation sites excluding steroid dienone is 1. The van der Waals surface area contributed by atoms with Crippen molar-refractivity contribution in [1.29, 1.82) is 0 Å². The fraction of sp³-hybridized carbons (Fsp3) is 0.765. The molecule has 0 heterocycles. The molecule has 3 fully saturated rings. The topological polar surface area (TPSA) is 26.3 Å². The maximum absolute atomic E-state index is 12.9. The molecular weight excluding hydrogens is 472 g/mol. The molecule has 3 saturated carbocycles. The average Bonchev–Trinajstić information content (AvgIpc) is 3.21. The predicted molar refractivity (Wildman–Crippen MR) is 156 cm³/mol. The second kappa shape index (κ2) is 10.9. The molecule has 3 heteroatoms. The van der Waals surface area contributed by atoms with E-state index in [4.69, 9.17) is 4.18 Å². The second-order valence-electron chi connectivity index (χ2n) is 14.3. The van der Waals surface area contributed by atoms with E-state index in [0.717, 1.165) is 53.2 Å². The molecule has 4 aliphatic rings. The summed E-state index contributed by atoms with van der Waals surface area (Å²) in [6, 6.07) is 7.94. The van der Waals surface area contributed by atoms with Gasteiger partial charge in [-0.25, -0.2) is 4.21 Å². The quantitative estimate of drug-likeness (QED) is 0.317. The third-order valence-corrected chi connectivity index (χ3v) is 12.8. The fourth-order valence-electron chi connectivity index (χ4n) is 9.56. The standard InChI is InChI=1S/C34H52O2S/c1-23(2)8-7-9-25(4)30-16-17-31-29-15-12-26-22-27(36-37(35)28-13-10-24(3)11-14-28)18-20-33(26,5)32(29)19-21-34(30,31)6/h10-14,23,25,27,29-32H,7-9,15-22H2,1-6H3/t25-,27+,29+,30-,31+,32+,33+,34-,37-/m1/s1. The van der Waals surface area contributed by atoms with Crippen LogP contribution in [0.2, 0.25) is 0 Å². The lowest BCUT2D eigenvalue weighted by Crippen LogP contribution is -2.51. The highest BCUT2D eigenvalue weighted by atomic mass is 32.2. The van der Waals surface area contributed by atoms with Gasteiger partial charge in [-0.1, -0.05) is 83.2 Å². The molecule has 5 rings (SSSR count). The Bertz CT molecular complexity index is 996. The van der Waals surface area contributed by atoms with E-state index in [1.165, 1.54) is 63.4 Å². The van der Waals surface area contributed by atoms with Gasteiger partial charge in [0.1, 0.15) is 0 Å². The molecule has 1 aromatic rings. The zero-order valence-corrected chi connectivity index (χ0v) is 25.2. The van der Waals surface area contributed by atoms with Crippen molar-refractivity contribution < 1.29 is 8.39 Å². The average molecular weight is 525 g/mol. The van der Waals surface area contributed by atoms with E-state index in [2.05, 4.69) is 47.6 Å². The molecule has 0 saturated heterocycles. The van der Waals surface area contributed by atoms with Gasteiger partial charge in [0.05, 0.1) is 11.0 Å². The lowest BCUT2D eigenvalue weighted by Gasteiger charge is -2.58. The first-order valence-electron chi connectivity index (χ1n) is 15.5. The van der Waals surface area contributed by atoms with Crippen molar-refractivity contribution in [2.24, 2.45) is 46.3 Å². The molecule has 37 heavy (non-hydrogen) atoms. The lowest BCUT2D eigenvalue weighted by molar-refractivity contribution is -0.0554. The Kier molecular flexibility index (Phi) is 8.15. The minimum absolute atomic E-state index is 0.0782. The molecule has 0 spiro atoms. The SMILES string of the molecule is Cc1ccc([S@](=O)O[C@H]2CC[C@@]3(C)C(=CC[C@H]4[C@@H]5CC[C@H]([C@H](C)CCCC(C)C)[C@@]5(C)CC[C@@H]43)C2)cc1. The van der Waals surface area contributed by atoms with Crippen LogP contribution < -0.4 is 0 Å². The molecule has 206 valence electrons. The van der Waals surface area contributed by atoms with Crippen molar-refractivity contribution in [3.8, 4) is 0 Å². The van der Waals surface area contributed by atoms with E-state index in [1.807, 2.05) is 24.3 Å². The summed E-state index contributed by atoms with van der Waals surface area (Å²) in [5.41, 5.74) is 3.67. The molecule has 0 aromatic heterocycles. The monoisotopic (exact) mass is 524 g/mol. The first-order valence-corrected chi connectivity index (χ1v) is 16.5. The summed E-state index contributed by atoms with van der Waals surface area (Å²) in [6.07, 6.45) is 17.1. The van der Waals surface area contributed by atoms with Gasteiger partial charge in [-0.05, 0) is 117 Å². The van der Waals surface area contributed by atoms with Crippen LogP contribution in [0.3, 0.4) is 0 Å². The summed E-state index contributed by atoms with van der Waals surface area (Å²) in [5, 5.41) is 0. The normalized spacial score (nSPS) is 38.9. The highest BCUT2D eigenvalue weighted by Crippen LogP contribution is 2.67. The highest BCUT2D eigenvalue weighted by molar-refractivity contribution is 7.80. The molecule has 0 amide bonds. The first-order chi connectivity index (χ1) is 17.6. The van der Waals surface area contributed by atoms with Gasteiger partial charge in [0, 0.05) is 0 Å². The Hall–Kier alpha value is -0.930. The van der Waals surface area contributed by atoms with Crippen LogP contribution in [0.1, 0.15) is 111 Å². The molecular formula is C34H52O2S. The van der Waals surface area contributed by atoms with Crippen LogP contribution in [0.25, 0.3) is 0 Å². The highest BCUT2D eigenvalue weighted by Gasteiger charge is 2.59. The third kappa shape index (κ3) is 5.30. The van der Waals surface area contributed by atoms with Crippen molar-refractivity contribution >= 4 is 11.1 Å². The van der Waals surface area contributed by atoms with Gasteiger partial charge in [-0.3, -0.25) is 4.18 Å². The molecule has 1 aromatic carbocycles. The summed E-state index contributed by atoms with van der Waals surface area (Å²) < 4.78 is 19.1. The molecule has 4 aliphatic carbocycles. The third-order valence-electron chi connectivity index (χ3n) is 11.7. The summed E-state index contributed by atoms with van der Waals surface area (Å²) in [5.74, 6) is 5.22. The summed E-state index contributed by atoms with van der Waals surface area (Å²) in [7, 11) is 0. The molecule has 2 nitrogen and oxygen atoms in total. The van der Waals surface area contributed by atoms with Crippen molar-refractivity contribution in [3.05, 3.63) is 41.5 Å². The second-order valence-corrected chi connectivity index (χ2v) is 15.4. The number of rotatable bonds is 8. The minimum Gasteiger partial charge on any atom is -0.283 e. The van der Waals surface area contributed by atoms with Gasteiger partial charge >= 0.3 is 0 Å². The van der Waals surface area contributed by atoms with E-state index >= 15 is 0 Å². The molecule has 0 aliphatic heterocycles. The van der Waals surface area contributed by atoms with E-state index in [9.17, 15) is 4.21 Å². The Balaban J connectivity index is 1.25. The van der Waals surface area contributed by atoms with Gasteiger partial charge in [0.15, 0.2) is 11.1 Å². The molecule has 0 N–H and O–H groups in total. The number of benzene rings is 1. The van der Waals surface area contributed by atoms with Crippen LogP contribution in [0, 0.1) is 53.3 Å². The summed E-state index contributed by atoms with van der Waals surface area (Å²) in [4.78, 5) is 0.789. The Labute approximate surface area is 230 Å². The molecule has 0 bridgehead atoms. The van der Waals surface area contributed by atoms with Crippen molar-refractivity contribution in [2.45, 2.75) is 123 Å². The van der Waals surface area contributed by atoms with Crippen LogP contribution in [0.15, 0.2) is 40.8 Å². The predicted octanol–water partition coefficient (Wildman–Crippen LogP) is 9.44. The summed E-state index contributed by atoms with van der Waals surface area (Å²) >= 11 is -1.37. The fourth-order valence-corrected chi connectivity index (χ4v) is 10.4. The number of hydrogen-bond acceptors (Lipinski definition) is 2. The number of fused-ring (bicyclic) bond motifs is 5. The largest absolute Gasteiger partial charge is 0.283 e. The molecule has 0 radical (unpaired) electrons. The Morgan fingerprint density at radius 2 is 1.73 bits per heavy atom. The minimum atomic E-state index is -1.37.